The third-order valence-electron chi connectivity index (χ3n) is 4.18. The Bertz CT molecular complexity index is 362. The number of aromatic nitrogens is 1. The highest BCUT2D eigenvalue weighted by Gasteiger charge is 2.07. The van der Waals surface area contributed by atoms with Crippen LogP contribution < -0.4 is 0 Å². The van der Waals surface area contributed by atoms with E-state index in [1.165, 1.54) is 88.4 Å². The molecule has 2 nitrogen and oxygen atoms in total. The molecule has 1 heterocycles. The molecule has 126 valence electrons. The van der Waals surface area contributed by atoms with Gasteiger partial charge in [-0.3, -0.25) is 4.79 Å². The molecule has 0 atom stereocenters. The molecule has 0 saturated heterocycles. The Morgan fingerprint density at radius 2 is 1.36 bits per heavy atom. The van der Waals surface area contributed by atoms with Crippen LogP contribution in [0, 0.1) is 0 Å². The number of rotatable bonds is 15. The number of hydrogen-bond acceptors (Lipinski definition) is 3. The largest absolute Gasteiger partial charge is 0.292 e. The van der Waals surface area contributed by atoms with Crippen molar-refractivity contribution in [3.8, 4) is 0 Å². The molecular formula is C19H33NOS. The van der Waals surface area contributed by atoms with Gasteiger partial charge in [-0.25, -0.2) is 4.98 Å². The molecule has 1 aromatic heterocycles. The van der Waals surface area contributed by atoms with Gasteiger partial charge in [0.1, 0.15) is 0 Å². The van der Waals surface area contributed by atoms with E-state index in [9.17, 15) is 4.79 Å². The maximum atomic E-state index is 11.8. The molecule has 0 N–H and O–H groups in total. The van der Waals surface area contributed by atoms with E-state index in [0.717, 1.165) is 6.42 Å². The smallest absolute Gasteiger partial charge is 0.191 e. The number of carbonyl (C=O) groups is 1. The van der Waals surface area contributed by atoms with Crippen LogP contribution in [-0.4, -0.2) is 10.8 Å². The van der Waals surface area contributed by atoms with Crippen LogP contribution in [-0.2, 0) is 0 Å². The lowest BCUT2D eigenvalue weighted by Gasteiger charge is -2.02. The summed E-state index contributed by atoms with van der Waals surface area (Å²) in [6, 6.07) is 0. The van der Waals surface area contributed by atoms with Crippen LogP contribution in [0.4, 0.5) is 0 Å². The van der Waals surface area contributed by atoms with Gasteiger partial charge in [-0.1, -0.05) is 84.0 Å². The Kier molecular flexibility index (Phi) is 12.2. The lowest BCUT2D eigenvalue weighted by atomic mass is 10.0. The zero-order valence-corrected chi connectivity index (χ0v) is 15.1. The fraction of sp³-hybridized carbons (Fsp3) is 0.789. The number of hydrogen-bond donors (Lipinski definition) is 0. The van der Waals surface area contributed by atoms with Crippen molar-refractivity contribution >= 4 is 17.1 Å². The van der Waals surface area contributed by atoms with Crippen molar-refractivity contribution in [3.63, 3.8) is 0 Å². The Morgan fingerprint density at radius 3 is 1.82 bits per heavy atom. The van der Waals surface area contributed by atoms with E-state index in [1.807, 2.05) is 5.38 Å². The fourth-order valence-corrected chi connectivity index (χ4v) is 3.38. The molecule has 0 bridgehead atoms. The molecule has 0 fully saturated rings. The van der Waals surface area contributed by atoms with E-state index < -0.39 is 0 Å². The van der Waals surface area contributed by atoms with Gasteiger partial charge in [0.05, 0.1) is 0 Å². The quantitative estimate of drug-likeness (QED) is 0.262. The first-order chi connectivity index (χ1) is 10.8. The Labute approximate surface area is 140 Å². The fourth-order valence-electron chi connectivity index (χ4n) is 2.77. The average Bonchev–Trinajstić information content (AvgIpc) is 3.06. The highest BCUT2D eigenvalue weighted by molar-refractivity contribution is 7.11. The SMILES string of the molecule is CCCCCCCCCCCCCCCC(=O)c1nccs1. The second-order valence-corrected chi connectivity index (χ2v) is 7.15. The van der Waals surface area contributed by atoms with Gasteiger partial charge in [0, 0.05) is 18.0 Å². The zero-order valence-electron chi connectivity index (χ0n) is 14.3. The predicted molar refractivity (Wildman–Crippen MR) is 96.8 cm³/mol. The van der Waals surface area contributed by atoms with Gasteiger partial charge >= 0.3 is 0 Å². The van der Waals surface area contributed by atoms with E-state index >= 15 is 0 Å². The molecule has 3 heteroatoms. The minimum Gasteiger partial charge on any atom is -0.292 e. The minimum absolute atomic E-state index is 0.220. The van der Waals surface area contributed by atoms with Crippen LogP contribution in [0.15, 0.2) is 11.6 Å². The molecule has 0 radical (unpaired) electrons. The van der Waals surface area contributed by atoms with Gasteiger partial charge in [-0.05, 0) is 6.42 Å². The molecule has 0 saturated carbocycles. The van der Waals surface area contributed by atoms with Crippen molar-refractivity contribution in [2.45, 2.75) is 96.8 Å². The third-order valence-corrected chi connectivity index (χ3v) is 4.99. The second kappa shape index (κ2) is 13.9. The zero-order chi connectivity index (χ0) is 15.9. The molecule has 1 aromatic rings. The minimum atomic E-state index is 0.220. The average molecular weight is 324 g/mol. The molecule has 0 amide bonds. The summed E-state index contributed by atoms with van der Waals surface area (Å²) in [5, 5.41) is 2.55. The van der Waals surface area contributed by atoms with Crippen LogP contribution >= 0.6 is 11.3 Å². The highest BCUT2D eigenvalue weighted by atomic mass is 32.1. The molecule has 0 aliphatic carbocycles. The summed E-state index contributed by atoms with van der Waals surface area (Å²) in [4.78, 5) is 15.8. The van der Waals surface area contributed by atoms with Gasteiger partial charge in [0.15, 0.2) is 10.8 Å². The number of carbonyl (C=O) groups excluding carboxylic acids is 1. The summed E-state index contributed by atoms with van der Waals surface area (Å²) >= 11 is 1.46. The number of Topliss-reactive ketones (excluding diaryl/α,β-unsaturated/α-hetero) is 1. The number of thiazole rings is 1. The standard InChI is InChI=1S/C19H33NOS/c1-2-3-4-5-6-7-8-9-10-11-12-13-14-15-18(21)19-20-16-17-22-19/h16-17H,2-15H2,1H3. The van der Waals surface area contributed by atoms with E-state index in [4.69, 9.17) is 0 Å². The maximum Gasteiger partial charge on any atom is 0.191 e. The van der Waals surface area contributed by atoms with Crippen molar-refractivity contribution < 1.29 is 4.79 Å². The van der Waals surface area contributed by atoms with Crippen molar-refractivity contribution in [3.05, 3.63) is 16.6 Å². The predicted octanol–water partition coefficient (Wildman–Crippen LogP) is 6.81. The van der Waals surface area contributed by atoms with Crippen LogP contribution in [0.1, 0.15) is 107 Å². The van der Waals surface area contributed by atoms with Gasteiger partial charge < -0.3 is 0 Å². The molecule has 0 aliphatic rings. The van der Waals surface area contributed by atoms with Crippen LogP contribution in [0.2, 0.25) is 0 Å². The van der Waals surface area contributed by atoms with Crippen molar-refractivity contribution in [2.75, 3.05) is 0 Å². The summed E-state index contributed by atoms with van der Waals surface area (Å²) in [6.45, 7) is 2.27. The van der Waals surface area contributed by atoms with Crippen molar-refractivity contribution in [2.24, 2.45) is 0 Å². The Morgan fingerprint density at radius 1 is 0.864 bits per heavy atom. The summed E-state index contributed by atoms with van der Waals surface area (Å²) in [5.41, 5.74) is 0. The van der Waals surface area contributed by atoms with E-state index in [0.29, 0.717) is 11.4 Å². The highest BCUT2D eigenvalue weighted by Crippen LogP contribution is 2.14. The van der Waals surface area contributed by atoms with E-state index in [2.05, 4.69) is 11.9 Å². The number of nitrogens with zero attached hydrogens (tertiary/aromatic N) is 1. The van der Waals surface area contributed by atoms with Crippen molar-refractivity contribution in [1.29, 1.82) is 0 Å². The van der Waals surface area contributed by atoms with Gasteiger partial charge in [0.2, 0.25) is 0 Å². The van der Waals surface area contributed by atoms with Crippen LogP contribution in [0.25, 0.3) is 0 Å². The first-order valence-corrected chi connectivity index (χ1v) is 10.1. The molecule has 22 heavy (non-hydrogen) atoms. The first kappa shape index (κ1) is 19.3. The first-order valence-electron chi connectivity index (χ1n) is 9.27. The monoisotopic (exact) mass is 323 g/mol. The summed E-state index contributed by atoms with van der Waals surface area (Å²) in [7, 11) is 0. The van der Waals surface area contributed by atoms with Crippen LogP contribution in [0.5, 0.6) is 0 Å². The topological polar surface area (TPSA) is 30.0 Å². The molecular weight excluding hydrogens is 290 g/mol. The van der Waals surface area contributed by atoms with Gasteiger partial charge in [-0.2, -0.15) is 0 Å². The maximum absolute atomic E-state index is 11.8. The Balaban J connectivity index is 1.77. The second-order valence-electron chi connectivity index (χ2n) is 6.25. The summed E-state index contributed by atoms with van der Waals surface area (Å²) < 4.78 is 0. The summed E-state index contributed by atoms with van der Waals surface area (Å²) in [6.07, 6.45) is 19.8. The molecule has 0 spiro atoms. The Hall–Kier alpha value is -0.700. The molecule has 0 aromatic carbocycles. The number of ketones is 1. The van der Waals surface area contributed by atoms with Crippen LogP contribution in [0.3, 0.4) is 0 Å². The van der Waals surface area contributed by atoms with E-state index in [1.54, 1.807) is 6.20 Å². The van der Waals surface area contributed by atoms with Gasteiger partial charge in [-0.15, -0.1) is 11.3 Å². The van der Waals surface area contributed by atoms with Gasteiger partial charge in [0.25, 0.3) is 0 Å². The van der Waals surface area contributed by atoms with E-state index in [-0.39, 0.29) is 5.78 Å². The molecule has 0 aliphatic heterocycles. The van der Waals surface area contributed by atoms with Crippen molar-refractivity contribution in [1.82, 2.24) is 4.98 Å². The lowest BCUT2D eigenvalue weighted by Crippen LogP contribution is -1.97. The number of unbranched alkanes of at least 4 members (excludes halogenated alkanes) is 12. The normalized spacial score (nSPS) is 11.0. The summed E-state index contributed by atoms with van der Waals surface area (Å²) in [5.74, 6) is 0.220. The third kappa shape index (κ3) is 10.1. The lowest BCUT2D eigenvalue weighted by molar-refractivity contribution is 0.0978. The molecule has 1 rings (SSSR count). The molecule has 0 unspecified atom stereocenters.